The summed E-state index contributed by atoms with van der Waals surface area (Å²) in [6, 6.07) is 0. The standard InChI is InChI=1S/C27H41N7O8/c1-2-4-22(35)6-3-5-21-15-34(29-28-21)17-23-16-30-7-9-31-11-13-33-14-12-32(10-8-30)19-25(37)41-27(39-23,40-24(36)18-31)42-26(38)20-33/h15,23H,2-14,16-20H2,1H3. The van der Waals surface area contributed by atoms with Crippen molar-refractivity contribution in [1.82, 2.24) is 34.6 Å². The third-order valence-electron chi connectivity index (χ3n) is 7.87. The van der Waals surface area contributed by atoms with Gasteiger partial charge in [-0.2, -0.15) is 0 Å². The van der Waals surface area contributed by atoms with Gasteiger partial charge >= 0.3 is 24.1 Å². The first-order chi connectivity index (χ1) is 20.3. The summed E-state index contributed by atoms with van der Waals surface area (Å²) in [5.41, 5.74) is 0.733. The molecule has 1 aromatic heterocycles. The number of aryl methyl sites for hydroxylation is 1. The Morgan fingerprint density at radius 1 is 0.833 bits per heavy atom. The van der Waals surface area contributed by atoms with Crippen molar-refractivity contribution in [3.63, 3.8) is 0 Å². The van der Waals surface area contributed by atoms with Crippen molar-refractivity contribution < 1.29 is 38.1 Å². The van der Waals surface area contributed by atoms with Crippen LogP contribution in [0.4, 0.5) is 0 Å². The summed E-state index contributed by atoms with van der Waals surface area (Å²) in [5.74, 6) is -1.96. The van der Waals surface area contributed by atoms with Crippen molar-refractivity contribution in [2.45, 2.75) is 57.8 Å². The maximum atomic E-state index is 13.2. The molecule has 0 aromatic carbocycles. The number of Topliss-reactive ketones (excluding diaryl/α,β-unsaturated/α-hetero) is 1. The number of ether oxygens (including phenoxy) is 4. The van der Waals surface area contributed by atoms with Gasteiger partial charge in [0.15, 0.2) is 0 Å². The Balaban J connectivity index is 1.44. The van der Waals surface area contributed by atoms with Crippen molar-refractivity contribution in [2.75, 3.05) is 78.5 Å². The SMILES string of the molecule is CCCC(=O)CCCc1cn(CC2CN3CCN4CCN5CCN(CC3)CC(=O)OC(OC(=O)C5)(OC(=O)C4)O2)nn1. The molecule has 4 fully saturated rings. The Hall–Kier alpha value is -2.98. The highest BCUT2D eigenvalue weighted by molar-refractivity contribution is 5.78. The minimum atomic E-state index is -2.68. The Morgan fingerprint density at radius 2 is 1.36 bits per heavy atom. The first-order valence-electron chi connectivity index (χ1n) is 14.9. The lowest BCUT2D eigenvalue weighted by Gasteiger charge is -2.34. The van der Waals surface area contributed by atoms with E-state index in [2.05, 4.69) is 15.2 Å². The molecule has 4 aliphatic rings. The smallest absolute Gasteiger partial charge is 0.362 e. The van der Waals surface area contributed by atoms with E-state index in [4.69, 9.17) is 18.9 Å². The Labute approximate surface area is 244 Å². The second-order valence-electron chi connectivity index (χ2n) is 11.4. The van der Waals surface area contributed by atoms with Crippen LogP contribution in [0.3, 0.4) is 0 Å². The quantitative estimate of drug-likeness (QED) is 0.335. The van der Waals surface area contributed by atoms with Gasteiger partial charge in [0, 0.05) is 77.9 Å². The molecule has 232 valence electrons. The van der Waals surface area contributed by atoms with E-state index in [0.29, 0.717) is 84.6 Å². The fourth-order valence-electron chi connectivity index (χ4n) is 5.68. The minimum Gasteiger partial charge on any atom is -0.362 e. The Kier molecular flexibility index (Phi) is 10.2. The molecule has 5 bridgehead atoms. The van der Waals surface area contributed by atoms with Crippen LogP contribution < -0.4 is 0 Å². The lowest BCUT2D eigenvalue weighted by atomic mass is 10.1. The predicted octanol–water partition coefficient (Wildman–Crippen LogP) is -1.14. The summed E-state index contributed by atoms with van der Waals surface area (Å²) in [6.45, 7) is 6.97. The topological polar surface area (TPSA) is 149 Å². The zero-order valence-corrected chi connectivity index (χ0v) is 24.3. The number of ketones is 1. The van der Waals surface area contributed by atoms with Crippen molar-refractivity contribution in [1.29, 1.82) is 0 Å². The van der Waals surface area contributed by atoms with E-state index in [1.165, 1.54) is 0 Å². The van der Waals surface area contributed by atoms with E-state index in [-0.39, 0.29) is 32.0 Å². The van der Waals surface area contributed by atoms with Crippen LogP contribution in [0.5, 0.6) is 0 Å². The molecule has 1 spiro atoms. The van der Waals surface area contributed by atoms with Crippen LogP contribution in [0.15, 0.2) is 6.20 Å². The third kappa shape index (κ3) is 8.53. The van der Waals surface area contributed by atoms with Crippen LogP contribution in [0.1, 0.15) is 38.3 Å². The highest BCUT2D eigenvalue weighted by Crippen LogP contribution is 2.25. The van der Waals surface area contributed by atoms with Crippen molar-refractivity contribution in [3.8, 4) is 0 Å². The number of esters is 3. The second-order valence-corrected chi connectivity index (χ2v) is 11.4. The van der Waals surface area contributed by atoms with E-state index in [0.717, 1.165) is 12.1 Å². The second kappa shape index (κ2) is 14.0. The molecule has 4 aliphatic heterocycles. The average Bonchev–Trinajstić information content (AvgIpc) is 3.33. The normalized spacial score (nSPS) is 32.4. The number of hydrogen-bond donors (Lipinski definition) is 0. The lowest BCUT2D eigenvalue weighted by molar-refractivity contribution is -0.460. The van der Waals surface area contributed by atoms with Gasteiger partial charge in [-0.3, -0.25) is 43.5 Å². The number of carbonyl (C=O) groups is 4. The van der Waals surface area contributed by atoms with Gasteiger partial charge in [0.25, 0.3) is 0 Å². The maximum Gasteiger partial charge on any atom is 0.566 e. The monoisotopic (exact) mass is 591 g/mol. The van der Waals surface area contributed by atoms with Crippen molar-refractivity contribution >= 4 is 23.7 Å². The number of fused-ring (bicyclic) bond motifs is 12. The summed E-state index contributed by atoms with van der Waals surface area (Å²) in [6.07, 6.45) is 1.53. The van der Waals surface area contributed by atoms with Gasteiger partial charge in [-0.15, -0.1) is 5.10 Å². The predicted molar refractivity (Wildman–Crippen MR) is 145 cm³/mol. The number of rotatable bonds is 8. The maximum absolute atomic E-state index is 13.2. The fraction of sp³-hybridized carbons (Fsp3) is 0.778. The largest absolute Gasteiger partial charge is 0.566 e. The van der Waals surface area contributed by atoms with Gasteiger partial charge in [-0.05, 0) is 19.3 Å². The first kappa shape index (κ1) is 30.5. The van der Waals surface area contributed by atoms with Crippen LogP contribution >= 0.6 is 0 Å². The number of hydrogen-bond acceptors (Lipinski definition) is 14. The summed E-state index contributed by atoms with van der Waals surface area (Å²) >= 11 is 0. The molecule has 0 N–H and O–H groups in total. The van der Waals surface area contributed by atoms with Crippen LogP contribution in [0.25, 0.3) is 0 Å². The van der Waals surface area contributed by atoms with Crippen molar-refractivity contribution in [2.24, 2.45) is 0 Å². The van der Waals surface area contributed by atoms with Crippen LogP contribution in [-0.4, -0.2) is 149 Å². The molecular weight excluding hydrogens is 550 g/mol. The lowest BCUT2D eigenvalue weighted by Crippen LogP contribution is -2.52. The van der Waals surface area contributed by atoms with Crippen molar-refractivity contribution in [3.05, 3.63) is 11.9 Å². The summed E-state index contributed by atoms with van der Waals surface area (Å²) < 4.78 is 24.7. The number of aromatic nitrogens is 3. The highest BCUT2D eigenvalue weighted by atomic mass is 17.0. The van der Waals surface area contributed by atoms with Gasteiger partial charge < -0.3 is 14.2 Å². The van der Waals surface area contributed by atoms with Crippen LogP contribution in [0.2, 0.25) is 0 Å². The first-order valence-corrected chi connectivity index (χ1v) is 14.9. The van der Waals surface area contributed by atoms with Crippen LogP contribution in [0, 0.1) is 0 Å². The Bertz CT molecular complexity index is 1070. The molecule has 0 radical (unpaired) electrons. The fourth-order valence-corrected chi connectivity index (χ4v) is 5.68. The third-order valence-corrected chi connectivity index (χ3v) is 7.87. The molecule has 5 heterocycles. The number of nitrogens with zero attached hydrogens (tertiary/aromatic N) is 7. The molecule has 3 unspecified atom stereocenters. The molecule has 0 amide bonds. The summed E-state index contributed by atoms with van der Waals surface area (Å²) in [4.78, 5) is 59.5. The Morgan fingerprint density at radius 3 is 1.88 bits per heavy atom. The summed E-state index contributed by atoms with van der Waals surface area (Å²) in [7, 11) is 0. The zero-order valence-electron chi connectivity index (χ0n) is 24.3. The van der Waals surface area contributed by atoms with Gasteiger partial charge in [-0.25, -0.2) is 4.68 Å². The molecule has 15 nitrogen and oxygen atoms in total. The molecule has 0 aliphatic carbocycles. The molecule has 4 saturated heterocycles. The van der Waals surface area contributed by atoms with Gasteiger partial charge in [0.2, 0.25) is 0 Å². The molecule has 3 atom stereocenters. The molecule has 0 saturated carbocycles. The van der Waals surface area contributed by atoms with E-state index in [1.807, 2.05) is 21.6 Å². The molecule has 5 rings (SSSR count). The number of carbonyl (C=O) groups excluding carboxylic acids is 4. The van der Waals surface area contributed by atoms with Gasteiger partial charge in [0.1, 0.15) is 11.9 Å². The van der Waals surface area contributed by atoms with E-state index in [9.17, 15) is 19.2 Å². The van der Waals surface area contributed by atoms with E-state index < -0.39 is 30.2 Å². The van der Waals surface area contributed by atoms with E-state index in [1.54, 1.807) is 10.9 Å². The van der Waals surface area contributed by atoms with Gasteiger partial charge in [-0.1, -0.05) is 12.1 Å². The zero-order chi connectivity index (χ0) is 29.5. The molecule has 1 aromatic rings. The average molecular weight is 592 g/mol. The minimum absolute atomic E-state index is 0.0775. The van der Waals surface area contributed by atoms with E-state index >= 15 is 0 Å². The van der Waals surface area contributed by atoms with Crippen LogP contribution in [-0.2, 0) is 51.1 Å². The molecule has 42 heavy (non-hydrogen) atoms. The molecule has 15 heteroatoms. The highest BCUT2D eigenvalue weighted by Gasteiger charge is 2.50. The molecular formula is C27H41N7O8. The summed E-state index contributed by atoms with van der Waals surface area (Å²) in [5, 5.41) is 8.50. The van der Waals surface area contributed by atoms with Gasteiger partial charge in [0.05, 0.1) is 31.9 Å².